The molecule has 0 bridgehead atoms. The quantitative estimate of drug-likeness (QED) is 0.365. The summed E-state index contributed by atoms with van der Waals surface area (Å²) in [5.41, 5.74) is 7.05. The number of aromatic nitrogens is 2. The van der Waals surface area contributed by atoms with E-state index < -0.39 is 10.0 Å². The number of carbonyl (C=O) groups excluding carboxylic acids is 1. The summed E-state index contributed by atoms with van der Waals surface area (Å²) in [5.74, 6) is -0.345. The third-order valence-corrected chi connectivity index (χ3v) is 7.48. The lowest BCUT2D eigenvalue weighted by molar-refractivity contribution is -0.112. The van der Waals surface area contributed by atoms with Crippen LogP contribution in [0.3, 0.4) is 0 Å². The molecule has 156 valence electrons. The lowest BCUT2D eigenvalue weighted by Crippen LogP contribution is -2.30. The number of rotatable bonds is 9. The predicted octanol–water partition coefficient (Wildman–Crippen LogP) is 2.50. The molecule has 0 aliphatic rings. The van der Waals surface area contributed by atoms with Crippen LogP contribution in [0.4, 0.5) is 0 Å². The highest BCUT2D eigenvalue weighted by molar-refractivity contribution is 7.99. The Morgan fingerprint density at radius 3 is 2.48 bits per heavy atom. The highest BCUT2D eigenvalue weighted by Crippen LogP contribution is 2.27. The van der Waals surface area contributed by atoms with E-state index in [-0.39, 0.29) is 27.7 Å². The van der Waals surface area contributed by atoms with Gasteiger partial charge in [0.15, 0.2) is 10.9 Å². The molecule has 8 nitrogen and oxygen atoms in total. The highest BCUT2D eigenvalue weighted by Gasteiger charge is 2.23. The molecule has 0 amide bonds. The van der Waals surface area contributed by atoms with Crippen molar-refractivity contribution in [2.24, 2.45) is 5.73 Å². The lowest BCUT2D eigenvalue weighted by atomic mass is 10.2. The first kappa shape index (κ1) is 22.9. The number of fused-ring (bicyclic) bond motifs is 1. The van der Waals surface area contributed by atoms with Crippen LogP contribution in [0.5, 0.6) is 0 Å². The number of hydrogen-bond donors (Lipinski definition) is 1. The molecular weight excluding hydrogens is 410 g/mol. The number of benzene rings is 1. The van der Waals surface area contributed by atoms with E-state index in [4.69, 9.17) is 11.0 Å². The van der Waals surface area contributed by atoms with E-state index in [1.54, 1.807) is 32.0 Å². The number of nitriles is 1. The van der Waals surface area contributed by atoms with Crippen LogP contribution in [0, 0.1) is 11.3 Å². The first-order valence-electron chi connectivity index (χ1n) is 9.24. The minimum Gasteiger partial charge on any atom is -0.401 e. The van der Waals surface area contributed by atoms with E-state index in [1.807, 2.05) is 17.6 Å². The van der Waals surface area contributed by atoms with E-state index in [2.05, 4.69) is 4.98 Å². The fraction of sp³-hybridized carbons (Fsp3) is 0.421. The van der Waals surface area contributed by atoms with Crippen molar-refractivity contribution in [3.05, 3.63) is 29.5 Å². The van der Waals surface area contributed by atoms with Gasteiger partial charge in [-0.05, 0) is 32.0 Å². The Bertz CT molecular complexity index is 1090. The second-order valence-electron chi connectivity index (χ2n) is 6.26. The number of Topliss-reactive ketones (excluding diaryl/α,β-unsaturated/α-hetero) is 1. The van der Waals surface area contributed by atoms with Crippen molar-refractivity contribution in [1.82, 2.24) is 13.9 Å². The molecule has 0 aliphatic carbocycles. The molecule has 0 radical (unpaired) electrons. The largest absolute Gasteiger partial charge is 0.401 e. The van der Waals surface area contributed by atoms with Crippen molar-refractivity contribution in [2.45, 2.75) is 44.3 Å². The molecule has 10 heteroatoms. The van der Waals surface area contributed by atoms with Gasteiger partial charge in [-0.15, -0.1) is 0 Å². The van der Waals surface area contributed by atoms with Gasteiger partial charge in [-0.25, -0.2) is 13.4 Å². The molecule has 2 aromatic rings. The average molecular weight is 436 g/mol. The van der Waals surface area contributed by atoms with E-state index >= 15 is 0 Å². The molecule has 1 aromatic carbocycles. The number of ketones is 1. The van der Waals surface area contributed by atoms with Gasteiger partial charge >= 0.3 is 0 Å². The Kier molecular flexibility index (Phi) is 7.46. The van der Waals surface area contributed by atoms with Crippen LogP contribution in [-0.4, -0.2) is 46.9 Å². The first-order valence-corrected chi connectivity index (χ1v) is 11.7. The van der Waals surface area contributed by atoms with Gasteiger partial charge < -0.3 is 10.3 Å². The molecule has 0 unspecified atom stereocenters. The normalized spacial score (nSPS) is 12.8. The van der Waals surface area contributed by atoms with Gasteiger partial charge in [-0.1, -0.05) is 25.6 Å². The van der Waals surface area contributed by atoms with Crippen LogP contribution >= 0.6 is 11.8 Å². The monoisotopic (exact) mass is 435 g/mol. The molecule has 0 saturated carbocycles. The van der Waals surface area contributed by atoms with Crippen LogP contribution in [0.1, 0.15) is 27.7 Å². The van der Waals surface area contributed by atoms with Crippen molar-refractivity contribution in [1.29, 1.82) is 5.26 Å². The topological polar surface area (TPSA) is 122 Å². The third kappa shape index (κ3) is 4.63. The summed E-state index contributed by atoms with van der Waals surface area (Å²) in [5, 5.41) is 9.66. The molecule has 29 heavy (non-hydrogen) atoms. The zero-order valence-electron chi connectivity index (χ0n) is 17.0. The Hall–Kier alpha value is -2.35. The average Bonchev–Trinajstić information content (AvgIpc) is 3.03. The van der Waals surface area contributed by atoms with Crippen LogP contribution in [0.15, 0.2) is 39.5 Å². The van der Waals surface area contributed by atoms with E-state index in [0.717, 1.165) is 5.52 Å². The van der Waals surface area contributed by atoms with Gasteiger partial charge in [-0.2, -0.15) is 9.57 Å². The predicted molar refractivity (Wildman–Crippen MR) is 114 cm³/mol. The third-order valence-electron chi connectivity index (χ3n) is 4.46. The Morgan fingerprint density at radius 1 is 1.31 bits per heavy atom. The lowest BCUT2D eigenvalue weighted by Gasteiger charge is -2.18. The second kappa shape index (κ2) is 9.43. The summed E-state index contributed by atoms with van der Waals surface area (Å²) in [4.78, 5) is 16.9. The van der Waals surface area contributed by atoms with Crippen molar-refractivity contribution in [3.63, 3.8) is 0 Å². The standard InChI is InChI=1S/C19H25N5O3S2/c1-5-23(6-2)29(26,27)14-8-9-17-16(10-14)22-19(24(17)7-3)28-12-18(25)15(11-20)13(4)21/h8-10H,5-7,12,21H2,1-4H3/b15-13+. The summed E-state index contributed by atoms with van der Waals surface area (Å²) in [6.07, 6.45) is 0. The SMILES string of the molecule is CCN(CC)S(=O)(=O)c1ccc2c(c1)nc(SCC(=O)/C(C#N)=C(\C)N)n2CC. The Labute approximate surface area is 175 Å². The van der Waals surface area contributed by atoms with Crippen LogP contribution in [0.25, 0.3) is 11.0 Å². The number of thioether (sulfide) groups is 1. The van der Waals surface area contributed by atoms with Crippen LogP contribution in [-0.2, 0) is 21.4 Å². The van der Waals surface area contributed by atoms with Crippen molar-refractivity contribution < 1.29 is 13.2 Å². The number of allylic oxidation sites excluding steroid dienone is 2. The Morgan fingerprint density at radius 2 is 1.97 bits per heavy atom. The minimum atomic E-state index is -3.59. The maximum Gasteiger partial charge on any atom is 0.243 e. The van der Waals surface area contributed by atoms with Gasteiger partial charge in [0.05, 0.1) is 21.7 Å². The van der Waals surface area contributed by atoms with E-state index in [1.165, 1.54) is 23.0 Å². The van der Waals surface area contributed by atoms with E-state index in [9.17, 15) is 13.2 Å². The number of nitrogens with two attached hydrogens (primary N) is 1. The molecule has 1 heterocycles. The van der Waals surface area contributed by atoms with Gasteiger partial charge in [0.25, 0.3) is 0 Å². The van der Waals surface area contributed by atoms with Crippen LogP contribution in [0.2, 0.25) is 0 Å². The van der Waals surface area contributed by atoms with Gasteiger partial charge in [0.2, 0.25) is 10.0 Å². The minimum absolute atomic E-state index is 0.0192. The smallest absolute Gasteiger partial charge is 0.243 e. The van der Waals surface area contributed by atoms with Gasteiger partial charge in [0, 0.05) is 25.3 Å². The maximum absolute atomic E-state index is 12.8. The summed E-state index contributed by atoms with van der Waals surface area (Å²) in [6.45, 7) is 8.43. The number of aryl methyl sites for hydroxylation is 1. The number of imidazole rings is 1. The summed E-state index contributed by atoms with van der Waals surface area (Å²) in [6, 6.07) is 6.71. The zero-order valence-corrected chi connectivity index (χ0v) is 18.6. The summed E-state index contributed by atoms with van der Waals surface area (Å²) >= 11 is 1.20. The van der Waals surface area contributed by atoms with Crippen molar-refractivity contribution in [3.8, 4) is 6.07 Å². The maximum atomic E-state index is 12.8. The fourth-order valence-electron chi connectivity index (χ4n) is 2.95. The number of hydrogen-bond acceptors (Lipinski definition) is 7. The molecule has 0 atom stereocenters. The first-order chi connectivity index (χ1) is 13.7. The summed E-state index contributed by atoms with van der Waals surface area (Å²) < 4.78 is 28.9. The number of nitrogens with zero attached hydrogens (tertiary/aromatic N) is 4. The molecule has 0 spiro atoms. The second-order valence-corrected chi connectivity index (χ2v) is 9.14. The fourth-order valence-corrected chi connectivity index (χ4v) is 5.38. The molecule has 0 aliphatic heterocycles. The van der Waals surface area contributed by atoms with Gasteiger partial charge in [0.1, 0.15) is 11.6 Å². The Balaban J connectivity index is 2.41. The zero-order chi connectivity index (χ0) is 21.8. The van der Waals surface area contributed by atoms with Gasteiger partial charge in [-0.3, -0.25) is 4.79 Å². The molecule has 2 rings (SSSR count). The van der Waals surface area contributed by atoms with Crippen molar-refractivity contribution >= 4 is 38.6 Å². The van der Waals surface area contributed by atoms with E-state index in [0.29, 0.717) is 30.3 Å². The molecule has 0 saturated heterocycles. The molecule has 2 N–H and O–H groups in total. The number of carbonyl (C=O) groups is 1. The number of sulfonamides is 1. The highest BCUT2D eigenvalue weighted by atomic mass is 32.2. The molecular formula is C19H25N5O3S2. The molecule has 0 fully saturated rings. The van der Waals surface area contributed by atoms with Crippen LogP contribution < -0.4 is 5.73 Å². The summed E-state index contributed by atoms with van der Waals surface area (Å²) in [7, 11) is -3.59. The molecule has 1 aromatic heterocycles. The van der Waals surface area contributed by atoms with Crippen molar-refractivity contribution in [2.75, 3.05) is 18.8 Å².